The molecule has 2 heterocycles. The fourth-order valence-corrected chi connectivity index (χ4v) is 2.21. The summed E-state index contributed by atoms with van der Waals surface area (Å²) in [6.45, 7) is 0.905. The van der Waals surface area contributed by atoms with E-state index in [0.717, 1.165) is 18.0 Å². The van der Waals surface area contributed by atoms with Crippen molar-refractivity contribution in [2.24, 2.45) is 0 Å². The van der Waals surface area contributed by atoms with Crippen LogP contribution in [0.2, 0.25) is 0 Å². The van der Waals surface area contributed by atoms with E-state index in [1.807, 2.05) is 6.07 Å². The van der Waals surface area contributed by atoms with Gasteiger partial charge in [0.05, 0.1) is 11.1 Å². The Morgan fingerprint density at radius 1 is 1.55 bits per heavy atom. The fourth-order valence-electron chi connectivity index (χ4n) is 1.34. The number of nitrogen functional groups attached to an aromatic ring is 1. The average Bonchev–Trinajstić information content (AvgIpc) is 2.55. The summed E-state index contributed by atoms with van der Waals surface area (Å²) in [6.07, 6.45) is 2.67. The lowest BCUT2D eigenvalue weighted by Crippen LogP contribution is -1.90. The maximum atomic E-state index is 5.61. The Balaban J connectivity index is 2.15. The Morgan fingerprint density at radius 2 is 2.45 bits per heavy atom. The minimum atomic E-state index is 0.331. The maximum absolute atomic E-state index is 5.61. The molecule has 2 N–H and O–H groups in total. The molecule has 1 aliphatic heterocycles. The summed E-state index contributed by atoms with van der Waals surface area (Å²) in [7, 11) is 0. The van der Waals surface area contributed by atoms with Gasteiger partial charge in [0.25, 0.3) is 0 Å². The molecule has 0 saturated carbocycles. The summed E-state index contributed by atoms with van der Waals surface area (Å²) < 4.78 is 5.51. The summed E-state index contributed by atoms with van der Waals surface area (Å²) in [6, 6.07) is 4.01. The molecule has 0 radical (unpaired) electrons. The van der Waals surface area contributed by atoms with Gasteiger partial charge in [-0.25, -0.2) is 0 Å². The molecule has 0 spiro atoms. The van der Waals surface area contributed by atoms with Gasteiger partial charge in [0.15, 0.2) is 0 Å². The summed E-state index contributed by atoms with van der Waals surface area (Å²) in [5.41, 5.74) is 5.61. The second-order valence-corrected chi connectivity index (χ2v) is 3.89. The molecule has 0 aromatic carbocycles. The van der Waals surface area contributed by atoms with Crippen LogP contribution in [0.4, 0.5) is 5.00 Å². The van der Waals surface area contributed by atoms with Gasteiger partial charge in [-0.05, 0) is 25.0 Å². The average molecular weight is 169 g/mol. The van der Waals surface area contributed by atoms with Crippen molar-refractivity contribution in [3.63, 3.8) is 0 Å². The second-order valence-electron chi connectivity index (χ2n) is 2.74. The summed E-state index contributed by atoms with van der Waals surface area (Å²) >= 11 is 1.64. The molecule has 1 aromatic heterocycles. The number of anilines is 1. The standard InChI is InChI=1S/C8H11NOS/c9-8-4-3-7(11-8)6-2-1-5-10-6/h3-4,6H,1-2,5,9H2. The van der Waals surface area contributed by atoms with Crippen LogP contribution in [-0.2, 0) is 4.74 Å². The number of ether oxygens (including phenoxy) is 1. The highest BCUT2D eigenvalue weighted by molar-refractivity contribution is 7.15. The van der Waals surface area contributed by atoms with Gasteiger partial charge in [-0.2, -0.15) is 0 Å². The highest BCUT2D eigenvalue weighted by Crippen LogP contribution is 2.33. The number of nitrogens with two attached hydrogens (primary N) is 1. The highest BCUT2D eigenvalue weighted by Gasteiger charge is 2.18. The lowest BCUT2D eigenvalue weighted by molar-refractivity contribution is 0.114. The van der Waals surface area contributed by atoms with Crippen molar-refractivity contribution in [1.82, 2.24) is 0 Å². The first kappa shape index (κ1) is 7.13. The number of hydrogen-bond donors (Lipinski definition) is 1. The normalized spacial score (nSPS) is 24.2. The highest BCUT2D eigenvalue weighted by atomic mass is 32.1. The smallest absolute Gasteiger partial charge is 0.0918 e. The lowest BCUT2D eigenvalue weighted by atomic mass is 10.2. The van der Waals surface area contributed by atoms with Crippen LogP contribution in [0.1, 0.15) is 23.8 Å². The van der Waals surface area contributed by atoms with Gasteiger partial charge in [-0.1, -0.05) is 0 Å². The van der Waals surface area contributed by atoms with Crippen LogP contribution in [0.25, 0.3) is 0 Å². The van der Waals surface area contributed by atoms with Crippen LogP contribution in [-0.4, -0.2) is 6.61 Å². The number of hydrogen-bond acceptors (Lipinski definition) is 3. The van der Waals surface area contributed by atoms with E-state index in [9.17, 15) is 0 Å². The molecule has 3 heteroatoms. The minimum absolute atomic E-state index is 0.331. The number of thiophene rings is 1. The number of rotatable bonds is 1. The van der Waals surface area contributed by atoms with Crippen molar-refractivity contribution in [2.75, 3.05) is 12.3 Å². The summed E-state index contributed by atoms with van der Waals surface area (Å²) in [5.74, 6) is 0. The van der Waals surface area contributed by atoms with Gasteiger partial charge < -0.3 is 10.5 Å². The molecule has 60 valence electrons. The van der Waals surface area contributed by atoms with E-state index in [-0.39, 0.29) is 0 Å². The molecule has 11 heavy (non-hydrogen) atoms. The molecule has 0 aliphatic carbocycles. The zero-order valence-corrected chi connectivity index (χ0v) is 7.06. The molecule has 2 rings (SSSR count). The molecule has 1 fully saturated rings. The van der Waals surface area contributed by atoms with E-state index in [1.54, 1.807) is 11.3 Å². The third-order valence-electron chi connectivity index (χ3n) is 1.89. The van der Waals surface area contributed by atoms with Crippen molar-refractivity contribution >= 4 is 16.3 Å². The van der Waals surface area contributed by atoms with Crippen molar-refractivity contribution in [3.8, 4) is 0 Å². The van der Waals surface area contributed by atoms with Crippen molar-refractivity contribution in [1.29, 1.82) is 0 Å². The van der Waals surface area contributed by atoms with Gasteiger partial charge in [0.1, 0.15) is 0 Å². The van der Waals surface area contributed by atoms with Crippen LogP contribution in [0.15, 0.2) is 12.1 Å². The van der Waals surface area contributed by atoms with Crippen LogP contribution < -0.4 is 5.73 Å². The largest absolute Gasteiger partial charge is 0.391 e. The van der Waals surface area contributed by atoms with Crippen LogP contribution >= 0.6 is 11.3 Å². The predicted octanol–water partition coefficient (Wildman–Crippen LogP) is 2.18. The molecule has 1 aliphatic rings. The Bertz CT molecular complexity index is 240. The Labute approximate surface area is 70.0 Å². The van der Waals surface area contributed by atoms with Crippen molar-refractivity contribution in [3.05, 3.63) is 17.0 Å². The Kier molecular flexibility index (Phi) is 1.84. The van der Waals surface area contributed by atoms with E-state index in [1.165, 1.54) is 11.3 Å². The van der Waals surface area contributed by atoms with E-state index >= 15 is 0 Å². The summed E-state index contributed by atoms with van der Waals surface area (Å²) in [5, 5.41) is 0.885. The zero-order chi connectivity index (χ0) is 7.68. The third-order valence-corrected chi connectivity index (χ3v) is 2.90. The molecule has 1 atom stereocenters. The molecule has 1 saturated heterocycles. The van der Waals surface area contributed by atoms with Gasteiger partial charge in [-0.3, -0.25) is 0 Å². The molecule has 1 unspecified atom stereocenters. The Morgan fingerprint density at radius 3 is 3.00 bits per heavy atom. The first-order valence-corrected chi connectivity index (χ1v) is 4.65. The monoisotopic (exact) mass is 169 g/mol. The predicted molar refractivity (Wildman–Crippen MR) is 46.7 cm³/mol. The van der Waals surface area contributed by atoms with Crippen LogP contribution in [0, 0.1) is 0 Å². The van der Waals surface area contributed by atoms with Crippen LogP contribution in [0.3, 0.4) is 0 Å². The topological polar surface area (TPSA) is 35.2 Å². The SMILES string of the molecule is Nc1ccc(C2CCCO2)s1. The van der Waals surface area contributed by atoms with Gasteiger partial charge in [0, 0.05) is 11.5 Å². The lowest BCUT2D eigenvalue weighted by Gasteiger charge is -2.04. The van der Waals surface area contributed by atoms with Crippen LogP contribution in [0.5, 0.6) is 0 Å². The molecule has 0 amide bonds. The molecular formula is C8H11NOS. The minimum Gasteiger partial charge on any atom is -0.391 e. The van der Waals surface area contributed by atoms with E-state index in [4.69, 9.17) is 10.5 Å². The zero-order valence-electron chi connectivity index (χ0n) is 6.25. The molecule has 0 bridgehead atoms. The molecule has 1 aromatic rings. The Hall–Kier alpha value is -0.540. The summed E-state index contributed by atoms with van der Waals surface area (Å²) in [4.78, 5) is 1.28. The van der Waals surface area contributed by atoms with E-state index in [0.29, 0.717) is 6.10 Å². The van der Waals surface area contributed by atoms with Gasteiger partial charge in [0.2, 0.25) is 0 Å². The molecular weight excluding hydrogens is 158 g/mol. The third kappa shape index (κ3) is 1.39. The van der Waals surface area contributed by atoms with Gasteiger partial charge >= 0.3 is 0 Å². The van der Waals surface area contributed by atoms with Crippen molar-refractivity contribution < 1.29 is 4.74 Å². The van der Waals surface area contributed by atoms with E-state index < -0.39 is 0 Å². The quantitative estimate of drug-likeness (QED) is 0.699. The first-order valence-electron chi connectivity index (χ1n) is 3.83. The second kappa shape index (κ2) is 2.83. The fraction of sp³-hybridized carbons (Fsp3) is 0.500. The van der Waals surface area contributed by atoms with E-state index in [2.05, 4.69) is 6.07 Å². The van der Waals surface area contributed by atoms with Gasteiger partial charge in [-0.15, -0.1) is 11.3 Å². The molecule has 2 nitrogen and oxygen atoms in total. The van der Waals surface area contributed by atoms with Crippen molar-refractivity contribution in [2.45, 2.75) is 18.9 Å². The first-order chi connectivity index (χ1) is 5.36. The maximum Gasteiger partial charge on any atom is 0.0918 e.